The van der Waals surface area contributed by atoms with E-state index in [0.29, 0.717) is 13.0 Å². The third kappa shape index (κ3) is 7.98. The normalized spacial score (nSPS) is 13.4. The van der Waals surface area contributed by atoms with Crippen molar-refractivity contribution in [1.29, 1.82) is 0 Å². The fourth-order valence-electron chi connectivity index (χ4n) is 1.39. The number of hydrogen-bond donors (Lipinski definition) is 4. The third-order valence-corrected chi connectivity index (χ3v) is 2.48. The van der Waals surface area contributed by atoms with Crippen molar-refractivity contribution < 1.29 is 24.2 Å². The lowest BCUT2D eigenvalue weighted by atomic mass is 10.1. The van der Waals surface area contributed by atoms with Gasteiger partial charge in [0.05, 0.1) is 12.6 Å². The summed E-state index contributed by atoms with van der Waals surface area (Å²) < 4.78 is 4.91. The van der Waals surface area contributed by atoms with Gasteiger partial charge in [0.2, 0.25) is 5.91 Å². The molecule has 0 spiro atoms. The summed E-state index contributed by atoms with van der Waals surface area (Å²) in [5.74, 6) is -1.82. The summed E-state index contributed by atoms with van der Waals surface area (Å²) in [6, 6.07) is -1.95. The van der Waals surface area contributed by atoms with E-state index in [0.717, 1.165) is 0 Å². The summed E-state index contributed by atoms with van der Waals surface area (Å²) >= 11 is 0. The quantitative estimate of drug-likeness (QED) is 0.447. The first-order valence-electron chi connectivity index (χ1n) is 5.97. The van der Waals surface area contributed by atoms with Crippen LogP contribution in [0.5, 0.6) is 0 Å². The molecule has 110 valence electrons. The maximum Gasteiger partial charge on any atom is 0.326 e. The van der Waals surface area contributed by atoms with Crippen LogP contribution in [0.25, 0.3) is 0 Å². The first-order chi connectivity index (χ1) is 8.90. The van der Waals surface area contributed by atoms with Gasteiger partial charge in [0.15, 0.2) is 0 Å². The number of ether oxygens (including phenoxy) is 1. The molecule has 0 aromatic heterocycles. The molecule has 0 aliphatic rings. The number of carbonyl (C=O) groups excluding carboxylic acids is 2. The Morgan fingerprint density at radius 2 is 1.95 bits per heavy atom. The van der Waals surface area contributed by atoms with E-state index in [-0.39, 0.29) is 18.9 Å². The number of hydrogen-bond acceptors (Lipinski definition) is 4. The van der Waals surface area contributed by atoms with Gasteiger partial charge in [-0.1, -0.05) is 6.92 Å². The second-order valence-corrected chi connectivity index (χ2v) is 4.07. The molecule has 5 N–H and O–H groups in total. The zero-order valence-electron chi connectivity index (χ0n) is 11.1. The molecule has 2 atom stereocenters. The lowest BCUT2D eigenvalue weighted by Gasteiger charge is -2.19. The highest BCUT2D eigenvalue weighted by molar-refractivity contribution is 5.83. The van der Waals surface area contributed by atoms with Crippen molar-refractivity contribution >= 4 is 17.9 Å². The molecule has 2 unspecified atom stereocenters. The average molecular weight is 275 g/mol. The summed E-state index contributed by atoms with van der Waals surface area (Å²) in [7, 11) is 1.51. The minimum atomic E-state index is -1.21. The van der Waals surface area contributed by atoms with Gasteiger partial charge >= 0.3 is 12.0 Å². The Morgan fingerprint density at radius 1 is 1.32 bits per heavy atom. The molecule has 0 rings (SSSR count). The number of rotatable bonds is 9. The lowest BCUT2D eigenvalue weighted by Crippen LogP contribution is -2.50. The maximum atomic E-state index is 11.6. The lowest BCUT2D eigenvalue weighted by molar-refractivity contribution is -0.139. The monoisotopic (exact) mass is 275 g/mol. The van der Waals surface area contributed by atoms with Crippen molar-refractivity contribution in [2.75, 3.05) is 13.7 Å². The van der Waals surface area contributed by atoms with Crippen molar-refractivity contribution in [2.24, 2.45) is 5.73 Å². The Hall–Kier alpha value is -1.83. The van der Waals surface area contributed by atoms with Crippen LogP contribution in [0.3, 0.4) is 0 Å². The van der Waals surface area contributed by atoms with Gasteiger partial charge in [-0.15, -0.1) is 0 Å². The Morgan fingerprint density at radius 3 is 2.37 bits per heavy atom. The minimum Gasteiger partial charge on any atom is -0.480 e. The molecule has 8 nitrogen and oxygen atoms in total. The zero-order valence-corrected chi connectivity index (χ0v) is 11.1. The van der Waals surface area contributed by atoms with Crippen LogP contribution >= 0.6 is 0 Å². The highest BCUT2D eigenvalue weighted by Gasteiger charge is 2.21. The first kappa shape index (κ1) is 17.2. The van der Waals surface area contributed by atoms with Gasteiger partial charge in [0, 0.05) is 13.5 Å². The van der Waals surface area contributed by atoms with E-state index in [1.807, 2.05) is 6.92 Å². The SMILES string of the molecule is CCC(COC)NC(=O)NC(CCC(N)=O)C(=O)O. The number of carbonyl (C=O) groups is 3. The molecule has 0 radical (unpaired) electrons. The van der Waals surface area contributed by atoms with Gasteiger partial charge in [-0.2, -0.15) is 0 Å². The number of methoxy groups -OCH3 is 1. The molecule has 0 aliphatic heterocycles. The Kier molecular flexibility index (Phi) is 8.27. The second kappa shape index (κ2) is 9.15. The van der Waals surface area contributed by atoms with Crippen molar-refractivity contribution in [1.82, 2.24) is 10.6 Å². The standard InChI is InChI=1S/C11H21N3O5/c1-3-7(6-19-2)13-11(18)14-8(10(16)17)4-5-9(12)15/h7-8H,3-6H2,1-2H3,(H2,12,15)(H,16,17)(H2,13,14,18). The van der Waals surface area contributed by atoms with Crippen molar-refractivity contribution in [3.8, 4) is 0 Å². The van der Waals surface area contributed by atoms with Crippen LogP contribution < -0.4 is 16.4 Å². The molecule has 3 amide bonds. The second-order valence-electron chi connectivity index (χ2n) is 4.07. The number of amides is 3. The van der Waals surface area contributed by atoms with Crippen LogP contribution in [0.1, 0.15) is 26.2 Å². The summed E-state index contributed by atoms with van der Waals surface area (Å²) in [4.78, 5) is 33.1. The molecule has 0 fully saturated rings. The Balaban J connectivity index is 4.30. The van der Waals surface area contributed by atoms with Crippen LogP contribution in [-0.2, 0) is 14.3 Å². The summed E-state index contributed by atoms with van der Waals surface area (Å²) in [6.45, 7) is 2.20. The summed E-state index contributed by atoms with van der Waals surface area (Å²) in [5, 5.41) is 13.8. The van der Waals surface area contributed by atoms with E-state index in [1.165, 1.54) is 7.11 Å². The Labute approximate surface area is 111 Å². The van der Waals surface area contributed by atoms with Crippen LogP contribution in [-0.4, -0.2) is 48.8 Å². The van der Waals surface area contributed by atoms with E-state index < -0.39 is 23.9 Å². The van der Waals surface area contributed by atoms with Gasteiger partial charge in [0.1, 0.15) is 6.04 Å². The number of primary amides is 1. The Bertz CT molecular complexity index is 321. The molecule has 0 bridgehead atoms. The maximum absolute atomic E-state index is 11.6. The molecule has 0 aromatic rings. The number of nitrogens with two attached hydrogens (primary N) is 1. The van der Waals surface area contributed by atoms with E-state index in [9.17, 15) is 14.4 Å². The molecule has 0 aromatic carbocycles. The van der Waals surface area contributed by atoms with Gasteiger partial charge in [0.25, 0.3) is 0 Å². The van der Waals surface area contributed by atoms with Crippen LogP contribution in [0.2, 0.25) is 0 Å². The average Bonchev–Trinajstić information content (AvgIpc) is 2.33. The largest absolute Gasteiger partial charge is 0.480 e. The van der Waals surface area contributed by atoms with E-state index in [1.54, 1.807) is 0 Å². The van der Waals surface area contributed by atoms with Crippen molar-refractivity contribution in [3.05, 3.63) is 0 Å². The number of urea groups is 1. The van der Waals surface area contributed by atoms with Gasteiger partial charge in [-0.05, 0) is 12.8 Å². The highest BCUT2D eigenvalue weighted by atomic mass is 16.5. The number of aliphatic carboxylic acids is 1. The highest BCUT2D eigenvalue weighted by Crippen LogP contribution is 1.98. The molecule has 19 heavy (non-hydrogen) atoms. The number of carboxylic acids is 1. The van der Waals surface area contributed by atoms with Gasteiger partial charge in [-0.25, -0.2) is 9.59 Å². The van der Waals surface area contributed by atoms with Crippen molar-refractivity contribution in [3.63, 3.8) is 0 Å². The molecule has 8 heteroatoms. The molecular formula is C11H21N3O5. The fraction of sp³-hybridized carbons (Fsp3) is 0.727. The van der Waals surface area contributed by atoms with Gasteiger partial charge in [-0.3, -0.25) is 4.79 Å². The molecule has 0 aliphatic carbocycles. The number of carboxylic acid groups (broad SMARTS) is 1. The molecule has 0 heterocycles. The van der Waals surface area contributed by atoms with Crippen LogP contribution in [0, 0.1) is 0 Å². The van der Waals surface area contributed by atoms with Crippen LogP contribution in [0.15, 0.2) is 0 Å². The predicted octanol–water partition coefficient (Wildman–Crippen LogP) is -0.571. The molecule has 0 saturated heterocycles. The van der Waals surface area contributed by atoms with Gasteiger partial charge < -0.3 is 26.2 Å². The smallest absolute Gasteiger partial charge is 0.326 e. The van der Waals surface area contributed by atoms with E-state index in [2.05, 4.69) is 10.6 Å². The van der Waals surface area contributed by atoms with Crippen LogP contribution in [0.4, 0.5) is 4.79 Å². The summed E-state index contributed by atoms with van der Waals surface area (Å²) in [6.07, 6.45) is 0.506. The zero-order chi connectivity index (χ0) is 14.8. The predicted molar refractivity (Wildman–Crippen MR) is 67.5 cm³/mol. The van der Waals surface area contributed by atoms with E-state index in [4.69, 9.17) is 15.6 Å². The van der Waals surface area contributed by atoms with Crippen molar-refractivity contribution in [2.45, 2.75) is 38.3 Å². The third-order valence-electron chi connectivity index (χ3n) is 2.48. The topological polar surface area (TPSA) is 131 Å². The summed E-state index contributed by atoms with van der Waals surface area (Å²) in [5.41, 5.74) is 4.94. The fourth-order valence-corrected chi connectivity index (χ4v) is 1.39. The molecular weight excluding hydrogens is 254 g/mol. The van der Waals surface area contributed by atoms with E-state index >= 15 is 0 Å². The first-order valence-corrected chi connectivity index (χ1v) is 5.97. The molecule has 0 saturated carbocycles. The number of nitrogens with one attached hydrogen (secondary N) is 2. The minimum absolute atomic E-state index is 0.0425.